The van der Waals surface area contributed by atoms with E-state index in [1.54, 1.807) is 30.3 Å². The van der Waals surface area contributed by atoms with Crippen LogP contribution in [-0.2, 0) is 14.8 Å². The molecule has 1 saturated heterocycles. The second kappa shape index (κ2) is 9.68. The Morgan fingerprint density at radius 2 is 1.80 bits per heavy atom. The summed E-state index contributed by atoms with van der Waals surface area (Å²) in [5.74, 6) is 0.799. The van der Waals surface area contributed by atoms with Crippen LogP contribution in [0.4, 0.5) is 5.69 Å². The molecule has 30 heavy (non-hydrogen) atoms. The van der Waals surface area contributed by atoms with Crippen LogP contribution in [0.5, 0.6) is 11.5 Å². The molecule has 1 heterocycles. The maximum Gasteiger partial charge on any atom is 0.243 e. The van der Waals surface area contributed by atoms with Crippen molar-refractivity contribution in [3.63, 3.8) is 0 Å². The summed E-state index contributed by atoms with van der Waals surface area (Å²) in [6, 6.07) is 10.8. The molecule has 162 valence electrons. The SMILES string of the molecule is COc1ccc(NC(=O)C[C@@H]2CCCCN2S(=O)(=O)c2ccc(Cl)cc2)cc1OC. The lowest BCUT2D eigenvalue weighted by Gasteiger charge is -2.34. The van der Waals surface area contributed by atoms with Gasteiger partial charge in [0.2, 0.25) is 15.9 Å². The van der Waals surface area contributed by atoms with E-state index in [1.807, 2.05) is 0 Å². The summed E-state index contributed by atoms with van der Waals surface area (Å²) < 4.78 is 38.1. The number of carbonyl (C=O) groups is 1. The third-order valence-electron chi connectivity index (χ3n) is 5.08. The van der Waals surface area contributed by atoms with Gasteiger partial charge in [0.05, 0.1) is 19.1 Å². The number of nitrogens with one attached hydrogen (secondary N) is 1. The fourth-order valence-corrected chi connectivity index (χ4v) is 5.40. The summed E-state index contributed by atoms with van der Waals surface area (Å²) in [4.78, 5) is 12.8. The fourth-order valence-electron chi connectivity index (χ4n) is 3.58. The Kier molecular flexibility index (Phi) is 7.23. The first kappa shape index (κ1) is 22.4. The number of benzene rings is 2. The number of nitrogens with zero attached hydrogens (tertiary/aromatic N) is 1. The zero-order chi connectivity index (χ0) is 21.7. The first-order chi connectivity index (χ1) is 14.3. The molecule has 1 aliphatic heterocycles. The van der Waals surface area contributed by atoms with Crippen LogP contribution in [-0.4, -0.2) is 45.4 Å². The summed E-state index contributed by atoms with van der Waals surface area (Å²) in [7, 11) is -0.653. The van der Waals surface area contributed by atoms with Gasteiger partial charge >= 0.3 is 0 Å². The molecule has 0 radical (unpaired) electrons. The van der Waals surface area contributed by atoms with Crippen LogP contribution in [0.25, 0.3) is 0 Å². The summed E-state index contributed by atoms with van der Waals surface area (Å²) in [6.07, 6.45) is 2.34. The molecule has 9 heteroatoms. The Morgan fingerprint density at radius 3 is 2.47 bits per heavy atom. The highest BCUT2D eigenvalue weighted by Gasteiger charge is 2.34. The number of anilines is 1. The quantitative estimate of drug-likeness (QED) is 0.688. The van der Waals surface area contributed by atoms with Crippen LogP contribution < -0.4 is 14.8 Å². The third-order valence-corrected chi connectivity index (χ3v) is 7.30. The molecule has 0 aromatic heterocycles. The maximum atomic E-state index is 13.1. The Labute approximate surface area is 182 Å². The first-order valence-electron chi connectivity index (χ1n) is 9.64. The van der Waals surface area contributed by atoms with E-state index in [2.05, 4.69) is 5.32 Å². The molecule has 0 bridgehead atoms. The molecule has 7 nitrogen and oxygen atoms in total. The number of sulfonamides is 1. The Bertz CT molecular complexity index is 995. The van der Waals surface area contributed by atoms with Crippen LogP contribution in [0.3, 0.4) is 0 Å². The van der Waals surface area contributed by atoms with Crippen molar-refractivity contribution in [2.24, 2.45) is 0 Å². The Balaban J connectivity index is 1.74. The van der Waals surface area contributed by atoms with E-state index >= 15 is 0 Å². The second-order valence-corrected chi connectivity index (χ2v) is 9.37. The number of piperidine rings is 1. The van der Waals surface area contributed by atoms with Gasteiger partial charge in [0.25, 0.3) is 0 Å². The standard InChI is InChI=1S/C21H25ClN2O5S/c1-28-19-11-8-16(13-20(19)29-2)23-21(25)14-17-5-3-4-12-24(17)30(26,27)18-9-6-15(22)7-10-18/h6-11,13,17H,3-5,12,14H2,1-2H3,(H,23,25)/t17-/m0/s1. The predicted octanol–water partition coefficient (Wildman–Crippen LogP) is 3.93. The third kappa shape index (κ3) is 5.06. The van der Waals surface area contributed by atoms with E-state index in [0.717, 1.165) is 12.8 Å². The smallest absolute Gasteiger partial charge is 0.243 e. The lowest BCUT2D eigenvalue weighted by Crippen LogP contribution is -2.45. The van der Waals surface area contributed by atoms with Crippen molar-refractivity contribution < 1.29 is 22.7 Å². The number of hydrogen-bond donors (Lipinski definition) is 1. The summed E-state index contributed by atoms with van der Waals surface area (Å²) in [5.41, 5.74) is 0.556. The van der Waals surface area contributed by atoms with E-state index in [1.165, 1.54) is 30.7 Å². The minimum Gasteiger partial charge on any atom is -0.493 e. The minimum atomic E-state index is -3.71. The zero-order valence-electron chi connectivity index (χ0n) is 16.9. The van der Waals surface area contributed by atoms with Gasteiger partial charge in [-0.3, -0.25) is 4.79 Å². The lowest BCUT2D eigenvalue weighted by molar-refractivity contribution is -0.117. The van der Waals surface area contributed by atoms with Gasteiger partial charge in [-0.05, 0) is 49.2 Å². The largest absolute Gasteiger partial charge is 0.493 e. The average Bonchev–Trinajstić information content (AvgIpc) is 2.74. The highest BCUT2D eigenvalue weighted by molar-refractivity contribution is 7.89. The molecule has 1 N–H and O–H groups in total. The normalized spacial score (nSPS) is 17.4. The number of hydrogen-bond acceptors (Lipinski definition) is 5. The molecular weight excluding hydrogens is 428 g/mol. The number of methoxy groups -OCH3 is 2. The van der Waals surface area contributed by atoms with Gasteiger partial charge in [0.1, 0.15) is 0 Å². The number of rotatable bonds is 7. The van der Waals surface area contributed by atoms with Gasteiger partial charge in [-0.1, -0.05) is 18.0 Å². The van der Waals surface area contributed by atoms with Crippen molar-refractivity contribution in [1.82, 2.24) is 4.31 Å². The van der Waals surface area contributed by atoms with E-state index < -0.39 is 16.1 Å². The van der Waals surface area contributed by atoms with Gasteiger partial charge in [-0.25, -0.2) is 8.42 Å². The number of ether oxygens (including phenoxy) is 2. The van der Waals surface area contributed by atoms with Crippen LogP contribution >= 0.6 is 11.6 Å². The van der Waals surface area contributed by atoms with Crippen LogP contribution in [0.15, 0.2) is 47.4 Å². The van der Waals surface area contributed by atoms with Gasteiger partial charge in [-0.2, -0.15) is 4.31 Å². The molecule has 3 rings (SSSR count). The molecule has 1 fully saturated rings. The van der Waals surface area contributed by atoms with Gasteiger partial charge in [-0.15, -0.1) is 0 Å². The highest BCUT2D eigenvalue weighted by atomic mass is 35.5. The highest BCUT2D eigenvalue weighted by Crippen LogP contribution is 2.31. The summed E-state index contributed by atoms with van der Waals surface area (Å²) >= 11 is 5.88. The first-order valence-corrected chi connectivity index (χ1v) is 11.5. The summed E-state index contributed by atoms with van der Waals surface area (Å²) in [5, 5.41) is 3.29. The van der Waals surface area contributed by atoms with Crippen LogP contribution in [0.2, 0.25) is 5.02 Å². The van der Waals surface area contributed by atoms with Crippen molar-refractivity contribution >= 4 is 33.2 Å². The molecule has 0 saturated carbocycles. The van der Waals surface area contributed by atoms with Crippen molar-refractivity contribution in [1.29, 1.82) is 0 Å². The van der Waals surface area contributed by atoms with Crippen LogP contribution in [0, 0.1) is 0 Å². The number of amides is 1. The van der Waals surface area contributed by atoms with Crippen molar-refractivity contribution in [3.8, 4) is 11.5 Å². The Morgan fingerprint density at radius 1 is 1.10 bits per heavy atom. The van der Waals surface area contributed by atoms with E-state index in [9.17, 15) is 13.2 Å². The summed E-state index contributed by atoms with van der Waals surface area (Å²) in [6.45, 7) is 0.388. The van der Waals surface area contributed by atoms with E-state index in [4.69, 9.17) is 21.1 Å². The maximum absolute atomic E-state index is 13.1. The Hall–Kier alpha value is -2.29. The van der Waals surface area contributed by atoms with E-state index in [-0.39, 0.29) is 17.2 Å². The molecular formula is C21H25ClN2O5S. The van der Waals surface area contributed by atoms with E-state index in [0.29, 0.717) is 35.2 Å². The molecule has 0 spiro atoms. The predicted molar refractivity (Wildman–Crippen MR) is 116 cm³/mol. The molecule has 2 aromatic rings. The van der Waals surface area contributed by atoms with Gasteiger partial charge in [0.15, 0.2) is 11.5 Å². The molecule has 0 aliphatic carbocycles. The molecule has 0 unspecified atom stereocenters. The average molecular weight is 453 g/mol. The molecule has 1 amide bonds. The van der Waals surface area contributed by atoms with Crippen LogP contribution in [0.1, 0.15) is 25.7 Å². The minimum absolute atomic E-state index is 0.0706. The lowest BCUT2D eigenvalue weighted by atomic mass is 10.0. The van der Waals surface area contributed by atoms with Gasteiger partial charge in [0, 0.05) is 35.8 Å². The topological polar surface area (TPSA) is 84.9 Å². The van der Waals surface area contributed by atoms with Gasteiger partial charge < -0.3 is 14.8 Å². The molecule has 1 atom stereocenters. The molecule has 2 aromatic carbocycles. The second-order valence-electron chi connectivity index (χ2n) is 7.04. The fraction of sp³-hybridized carbons (Fsp3) is 0.381. The monoisotopic (exact) mass is 452 g/mol. The molecule has 1 aliphatic rings. The van der Waals surface area contributed by atoms with Crippen molar-refractivity contribution in [3.05, 3.63) is 47.5 Å². The zero-order valence-corrected chi connectivity index (χ0v) is 18.5. The van der Waals surface area contributed by atoms with Crippen molar-refractivity contribution in [2.75, 3.05) is 26.1 Å². The van der Waals surface area contributed by atoms with Crippen molar-refractivity contribution in [2.45, 2.75) is 36.6 Å². The number of halogens is 1. The number of carbonyl (C=O) groups excluding carboxylic acids is 1.